The molecule has 0 heterocycles. The summed E-state index contributed by atoms with van der Waals surface area (Å²) in [5.41, 5.74) is 2.26. The highest BCUT2D eigenvalue weighted by atomic mass is 14.6. The lowest BCUT2D eigenvalue weighted by Crippen LogP contribution is -2.47. The summed E-state index contributed by atoms with van der Waals surface area (Å²) in [5.74, 6) is 4.81. The molecule has 0 aromatic carbocycles. The molecule has 19 heavy (non-hydrogen) atoms. The fourth-order valence-corrected chi connectivity index (χ4v) is 6.47. The van der Waals surface area contributed by atoms with Crippen molar-refractivity contribution in [1.29, 1.82) is 0 Å². The Morgan fingerprint density at radius 3 is 2.84 bits per heavy atom. The maximum Gasteiger partial charge on any atom is -0.0140 e. The van der Waals surface area contributed by atoms with Crippen molar-refractivity contribution < 1.29 is 0 Å². The molecule has 3 fully saturated rings. The van der Waals surface area contributed by atoms with E-state index in [2.05, 4.69) is 25.7 Å². The van der Waals surface area contributed by atoms with Crippen LogP contribution in [0.4, 0.5) is 0 Å². The Bertz CT molecular complexity index is 418. The first-order chi connectivity index (χ1) is 9.19. The third-order valence-corrected chi connectivity index (χ3v) is 7.19. The summed E-state index contributed by atoms with van der Waals surface area (Å²) in [7, 11) is 0. The predicted molar refractivity (Wildman–Crippen MR) is 80.8 cm³/mol. The van der Waals surface area contributed by atoms with Crippen molar-refractivity contribution in [1.82, 2.24) is 0 Å². The molecule has 6 atom stereocenters. The molecule has 3 saturated carbocycles. The van der Waals surface area contributed by atoms with E-state index in [4.69, 9.17) is 0 Å². The van der Waals surface area contributed by atoms with Crippen LogP contribution in [0.3, 0.4) is 0 Å². The largest absolute Gasteiger partial charge is 0.0995 e. The van der Waals surface area contributed by atoms with Crippen LogP contribution in [-0.2, 0) is 0 Å². The molecule has 4 rings (SSSR count). The lowest BCUT2D eigenvalue weighted by atomic mass is 9.50. The van der Waals surface area contributed by atoms with E-state index >= 15 is 0 Å². The van der Waals surface area contributed by atoms with Gasteiger partial charge in [-0.1, -0.05) is 37.6 Å². The molecular weight excluding hydrogens is 228 g/mol. The van der Waals surface area contributed by atoms with Crippen molar-refractivity contribution in [2.75, 3.05) is 0 Å². The Hall–Kier alpha value is -0.520. The average molecular weight is 256 g/mol. The van der Waals surface area contributed by atoms with Gasteiger partial charge in [-0.3, -0.25) is 0 Å². The number of fused-ring (bicyclic) bond motifs is 5. The van der Waals surface area contributed by atoms with Gasteiger partial charge in [-0.05, 0) is 80.0 Å². The Morgan fingerprint density at radius 2 is 1.95 bits per heavy atom. The van der Waals surface area contributed by atoms with Gasteiger partial charge in [0.1, 0.15) is 0 Å². The van der Waals surface area contributed by atoms with Gasteiger partial charge in [-0.25, -0.2) is 0 Å². The Morgan fingerprint density at radius 1 is 1.11 bits per heavy atom. The number of hydrogen-bond donors (Lipinski definition) is 0. The summed E-state index contributed by atoms with van der Waals surface area (Å²) in [4.78, 5) is 0. The van der Waals surface area contributed by atoms with Crippen LogP contribution >= 0.6 is 0 Å². The molecule has 0 aromatic heterocycles. The lowest BCUT2D eigenvalue weighted by Gasteiger charge is -2.55. The van der Waals surface area contributed by atoms with E-state index < -0.39 is 0 Å². The van der Waals surface area contributed by atoms with Crippen LogP contribution in [0.15, 0.2) is 24.3 Å². The van der Waals surface area contributed by atoms with Crippen LogP contribution < -0.4 is 0 Å². The molecule has 0 amide bonds. The summed E-state index contributed by atoms with van der Waals surface area (Å²) in [6.07, 6.45) is 16.4. The first-order valence-electron chi connectivity index (χ1n) is 8.52. The second-order valence-corrected chi connectivity index (χ2v) is 8.12. The zero-order valence-electron chi connectivity index (χ0n) is 12.4. The highest BCUT2D eigenvalue weighted by Crippen LogP contribution is 2.63. The van der Waals surface area contributed by atoms with Crippen molar-refractivity contribution in [3.63, 3.8) is 0 Å². The Labute approximate surface area is 118 Å². The minimum Gasteiger partial charge on any atom is -0.0995 e. The second-order valence-electron chi connectivity index (χ2n) is 8.12. The zero-order valence-corrected chi connectivity index (χ0v) is 12.4. The van der Waals surface area contributed by atoms with Crippen molar-refractivity contribution in [3.8, 4) is 0 Å². The molecule has 4 aliphatic rings. The van der Waals surface area contributed by atoms with Gasteiger partial charge in [0.15, 0.2) is 0 Å². The van der Waals surface area contributed by atoms with Crippen LogP contribution in [0.2, 0.25) is 0 Å². The first-order valence-corrected chi connectivity index (χ1v) is 8.52. The van der Waals surface area contributed by atoms with Crippen LogP contribution in [0.5, 0.6) is 0 Å². The molecule has 4 aliphatic carbocycles. The standard InChI is InChI=1S/C19H28/c1-13-12-19(2)11-5-8-17(19)16-10-9-14-6-3-4-7-15(14)18(13)16/h3-4,14-18H,1,5-12H2,2H3/t14?,15-,16-,17-,18+,19-/m0/s1. The summed E-state index contributed by atoms with van der Waals surface area (Å²) in [6.45, 7) is 7.14. The van der Waals surface area contributed by atoms with Crippen LogP contribution in [0.1, 0.15) is 58.3 Å². The third-order valence-electron chi connectivity index (χ3n) is 7.19. The van der Waals surface area contributed by atoms with Gasteiger partial charge < -0.3 is 0 Å². The van der Waals surface area contributed by atoms with Gasteiger partial charge in [0, 0.05) is 0 Å². The van der Waals surface area contributed by atoms with E-state index in [1.54, 1.807) is 5.57 Å². The van der Waals surface area contributed by atoms with Crippen molar-refractivity contribution in [3.05, 3.63) is 24.3 Å². The second kappa shape index (κ2) is 4.24. The van der Waals surface area contributed by atoms with Crippen molar-refractivity contribution in [2.24, 2.45) is 35.0 Å². The lowest BCUT2D eigenvalue weighted by molar-refractivity contribution is -0.00157. The average Bonchev–Trinajstić information content (AvgIpc) is 2.79. The quantitative estimate of drug-likeness (QED) is 0.512. The molecule has 0 heteroatoms. The summed E-state index contributed by atoms with van der Waals surface area (Å²) >= 11 is 0. The molecular formula is C19H28. The topological polar surface area (TPSA) is 0 Å². The zero-order chi connectivity index (χ0) is 13.0. The van der Waals surface area contributed by atoms with E-state index in [0.29, 0.717) is 5.41 Å². The summed E-state index contributed by atoms with van der Waals surface area (Å²) in [5, 5.41) is 0. The molecule has 0 saturated heterocycles. The molecule has 0 nitrogen and oxygen atoms in total. The van der Waals surface area contributed by atoms with Gasteiger partial charge in [0.2, 0.25) is 0 Å². The molecule has 0 bridgehead atoms. The van der Waals surface area contributed by atoms with Crippen LogP contribution in [0.25, 0.3) is 0 Å². The maximum atomic E-state index is 4.57. The Kier molecular flexibility index (Phi) is 2.73. The highest BCUT2D eigenvalue weighted by Gasteiger charge is 2.54. The van der Waals surface area contributed by atoms with Gasteiger partial charge >= 0.3 is 0 Å². The molecule has 0 spiro atoms. The van der Waals surface area contributed by atoms with E-state index in [1.807, 2.05) is 0 Å². The number of hydrogen-bond acceptors (Lipinski definition) is 0. The summed E-state index contributed by atoms with van der Waals surface area (Å²) in [6, 6.07) is 0. The normalized spacial score (nSPS) is 52.5. The van der Waals surface area contributed by atoms with E-state index in [0.717, 1.165) is 29.6 Å². The number of rotatable bonds is 0. The van der Waals surface area contributed by atoms with E-state index in [9.17, 15) is 0 Å². The molecule has 1 unspecified atom stereocenters. The van der Waals surface area contributed by atoms with Crippen molar-refractivity contribution in [2.45, 2.75) is 58.3 Å². The molecule has 104 valence electrons. The predicted octanol–water partition coefficient (Wildman–Crippen LogP) is 5.36. The molecule has 0 aliphatic heterocycles. The highest BCUT2D eigenvalue weighted by molar-refractivity contribution is 5.20. The van der Waals surface area contributed by atoms with Crippen LogP contribution in [0, 0.1) is 35.0 Å². The van der Waals surface area contributed by atoms with E-state index in [-0.39, 0.29) is 0 Å². The van der Waals surface area contributed by atoms with Crippen molar-refractivity contribution >= 4 is 0 Å². The molecule has 0 N–H and O–H groups in total. The van der Waals surface area contributed by atoms with Gasteiger partial charge in [0.05, 0.1) is 0 Å². The number of allylic oxidation sites excluding steroid dienone is 3. The SMILES string of the molecule is C=C1C[C@]2(C)CCC[C@H]2[C@@H]2CCC3CC=CC[C@@H]3[C@@H]12. The Balaban J connectivity index is 1.68. The summed E-state index contributed by atoms with van der Waals surface area (Å²) < 4.78 is 0. The van der Waals surface area contributed by atoms with Gasteiger partial charge in [0.25, 0.3) is 0 Å². The molecule has 0 radical (unpaired) electrons. The van der Waals surface area contributed by atoms with Gasteiger partial charge in [-0.2, -0.15) is 0 Å². The van der Waals surface area contributed by atoms with E-state index in [1.165, 1.54) is 51.4 Å². The smallest absolute Gasteiger partial charge is 0.0140 e. The fourth-order valence-electron chi connectivity index (χ4n) is 6.47. The van der Waals surface area contributed by atoms with Gasteiger partial charge in [-0.15, -0.1) is 0 Å². The minimum absolute atomic E-state index is 0.621. The maximum absolute atomic E-state index is 4.57. The fraction of sp³-hybridized carbons (Fsp3) is 0.789. The van der Waals surface area contributed by atoms with Crippen LogP contribution in [-0.4, -0.2) is 0 Å². The minimum atomic E-state index is 0.621. The third kappa shape index (κ3) is 1.71. The molecule has 0 aromatic rings. The monoisotopic (exact) mass is 256 g/mol. The first kappa shape index (κ1) is 12.2.